The first-order valence-electron chi connectivity index (χ1n) is 9.74. The average Bonchev–Trinajstić information content (AvgIpc) is 3.08. The molecule has 3 aromatic rings. The highest BCUT2D eigenvalue weighted by Gasteiger charge is 2.29. The van der Waals surface area contributed by atoms with Gasteiger partial charge in [0, 0.05) is 11.3 Å². The second kappa shape index (κ2) is 10.1. The number of hydrogen-bond donors (Lipinski definition) is 2. The Bertz CT molecular complexity index is 1160. The van der Waals surface area contributed by atoms with E-state index in [0.717, 1.165) is 28.7 Å². The molecule has 0 unspecified atom stereocenters. The number of esters is 1. The number of carbonyl (C=O) groups excluding carboxylic acids is 3. The second-order valence-corrected chi connectivity index (χ2v) is 7.64. The fraction of sp³-hybridized carbons (Fsp3) is 0.227. The molecule has 166 valence electrons. The molecule has 0 fully saturated rings. The fourth-order valence-electron chi connectivity index (χ4n) is 2.97. The molecule has 9 nitrogen and oxygen atoms in total. The quantitative estimate of drug-likeness (QED) is 0.300. The van der Waals surface area contributed by atoms with Crippen molar-refractivity contribution in [1.82, 2.24) is 9.97 Å². The van der Waals surface area contributed by atoms with Crippen molar-refractivity contribution in [2.24, 2.45) is 5.73 Å². The average molecular weight is 455 g/mol. The summed E-state index contributed by atoms with van der Waals surface area (Å²) in [5.74, 6) is -2.27. The first kappa shape index (κ1) is 23.0. The van der Waals surface area contributed by atoms with Gasteiger partial charge >= 0.3 is 5.97 Å². The number of aromatic nitrogens is 2. The standard InChI is InChI=1S/C22H22N4O5S/c1-4-30-21(29)17-13(3)31-20(18(17)19(23)28)26-16(27)11-32-22-24-12(2)10-15(25-22)14-8-6-5-7-9-14/h5-10H,4,11H2,1-3H3,(H2,23,28)(H,26,27). The summed E-state index contributed by atoms with van der Waals surface area (Å²) in [5.41, 5.74) is 7.53. The number of nitrogens with one attached hydrogen (secondary N) is 1. The summed E-state index contributed by atoms with van der Waals surface area (Å²) in [6, 6.07) is 11.5. The predicted molar refractivity (Wildman–Crippen MR) is 119 cm³/mol. The number of thioether (sulfide) groups is 1. The lowest BCUT2D eigenvalue weighted by Crippen LogP contribution is -2.21. The molecule has 3 N–H and O–H groups in total. The number of amides is 2. The Hall–Kier alpha value is -3.66. The van der Waals surface area contributed by atoms with Crippen LogP contribution in [0.5, 0.6) is 0 Å². The van der Waals surface area contributed by atoms with E-state index in [1.54, 1.807) is 6.92 Å². The smallest absolute Gasteiger partial charge is 0.342 e. The van der Waals surface area contributed by atoms with Gasteiger partial charge in [0.25, 0.3) is 5.91 Å². The van der Waals surface area contributed by atoms with E-state index in [-0.39, 0.29) is 35.1 Å². The Morgan fingerprint density at radius 2 is 1.84 bits per heavy atom. The number of nitrogens with zero attached hydrogens (tertiary/aromatic N) is 2. The zero-order chi connectivity index (χ0) is 23.3. The van der Waals surface area contributed by atoms with Crippen LogP contribution in [0.1, 0.15) is 39.1 Å². The molecule has 0 radical (unpaired) electrons. The summed E-state index contributed by atoms with van der Waals surface area (Å²) in [7, 11) is 0. The lowest BCUT2D eigenvalue weighted by Gasteiger charge is -2.07. The molecule has 0 atom stereocenters. The van der Waals surface area contributed by atoms with Crippen LogP contribution in [0, 0.1) is 13.8 Å². The van der Waals surface area contributed by atoms with Crippen molar-refractivity contribution in [3.63, 3.8) is 0 Å². The van der Waals surface area contributed by atoms with Gasteiger partial charge in [0.05, 0.1) is 18.1 Å². The van der Waals surface area contributed by atoms with Crippen LogP contribution in [0.4, 0.5) is 5.88 Å². The molecular weight excluding hydrogens is 432 g/mol. The van der Waals surface area contributed by atoms with E-state index in [1.807, 2.05) is 43.3 Å². The van der Waals surface area contributed by atoms with Gasteiger partial charge < -0.3 is 14.9 Å². The Morgan fingerprint density at radius 1 is 1.12 bits per heavy atom. The van der Waals surface area contributed by atoms with Gasteiger partial charge in [-0.15, -0.1) is 0 Å². The van der Waals surface area contributed by atoms with E-state index in [0.29, 0.717) is 5.16 Å². The molecule has 2 heterocycles. The van der Waals surface area contributed by atoms with Gasteiger partial charge in [-0.05, 0) is 26.8 Å². The number of aryl methyl sites for hydroxylation is 2. The van der Waals surface area contributed by atoms with Crippen LogP contribution < -0.4 is 11.1 Å². The Morgan fingerprint density at radius 3 is 2.50 bits per heavy atom. The van der Waals surface area contributed by atoms with E-state index < -0.39 is 17.8 Å². The molecule has 0 aliphatic heterocycles. The topological polar surface area (TPSA) is 137 Å². The summed E-state index contributed by atoms with van der Waals surface area (Å²) < 4.78 is 10.4. The van der Waals surface area contributed by atoms with Crippen LogP contribution in [0.15, 0.2) is 46.0 Å². The van der Waals surface area contributed by atoms with Crippen molar-refractivity contribution in [3.8, 4) is 11.3 Å². The summed E-state index contributed by atoms with van der Waals surface area (Å²) in [4.78, 5) is 45.4. The number of furan rings is 1. The zero-order valence-corrected chi connectivity index (χ0v) is 18.6. The van der Waals surface area contributed by atoms with Crippen LogP contribution in [0.25, 0.3) is 11.3 Å². The Balaban J connectivity index is 1.75. The number of rotatable bonds is 8. The van der Waals surface area contributed by atoms with E-state index in [2.05, 4.69) is 15.3 Å². The van der Waals surface area contributed by atoms with Crippen molar-refractivity contribution in [1.29, 1.82) is 0 Å². The van der Waals surface area contributed by atoms with Crippen molar-refractivity contribution in [2.45, 2.75) is 25.9 Å². The lowest BCUT2D eigenvalue weighted by molar-refractivity contribution is -0.113. The third-order valence-corrected chi connectivity index (χ3v) is 5.15. The zero-order valence-electron chi connectivity index (χ0n) is 17.8. The van der Waals surface area contributed by atoms with Crippen molar-refractivity contribution in [3.05, 3.63) is 59.0 Å². The Kier molecular flexibility index (Phi) is 7.26. The lowest BCUT2D eigenvalue weighted by atomic mass is 10.1. The van der Waals surface area contributed by atoms with E-state index in [1.165, 1.54) is 6.92 Å². The molecule has 0 saturated carbocycles. The van der Waals surface area contributed by atoms with Crippen molar-refractivity contribution < 1.29 is 23.5 Å². The molecule has 2 aromatic heterocycles. The monoisotopic (exact) mass is 454 g/mol. The first-order valence-corrected chi connectivity index (χ1v) is 10.7. The molecule has 0 aliphatic carbocycles. The molecule has 2 amide bonds. The molecule has 3 rings (SSSR count). The maximum atomic E-state index is 12.5. The van der Waals surface area contributed by atoms with Crippen LogP contribution in [0.3, 0.4) is 0 Å². The summed E-state index contributed by atoms with van der Waals surface area (Å²) >= 11 is 1.13. The van der Waals surface area contributed by atoms with Crippen LogP contribution in [0.2, 0.25) is 0 Å². The van der Waals surface area contributed by atoms with Gasteiger partial charge in [0.15, 0.2) is 5.16 Å². The van der Waals surface area contributed by atoms with E-state index in [4.69, 9.17) is 14.9 Å². The van der Waals surface area contributed by atoms with Gasteiger partial charge in [-0.2, -0.15) is 0 Å². The van der Waals surface area contributed by atoms with Crippen LogP contribution in [-0.4, -0.2) is 40.1 Å². The van der Waals surface area contributed by atoms with E-state index >= 15 is 0 Å². The number of carbonyl (C=O) groups is 3. The molecule has 32 heavy (non-hydrogen) atoms. The number of hydrogen-bond acceptors (Lipinski definition) is 8. The molecule has 0 aliphatic rings. The van der Waals surface area contributed by atoms with Gasteiger partial charge in [0.1, 0.15) is 16.9 Å². The number of anilines is 1. The van der Waals surface area contributed by atoms with Crippen molar-refractivity contribution >= 4 is 35.4 Å². The van der Waals surface area contributed by atoms with Crippen LogP contribution in [-0.2, 0) is 9.53 Å². The maximum absolute atomic E-state index is 12.5. The molecule has 0 spiro atoms. The molecule has 10 heteroatoms. The summed E-state index contributed by atoms with van der Waals surface area (Å²) in [6.07, 6.45) is 0. The summed E-state index contributed by atoms with van der Waals surface area (Å²) in [5, 5.41) is 2.92. The summed E-state index contributed by atoms with van der Waals surface area (Å²) in [6.45, 7) is 5.07. The molecule has 0 saturated heterocycles. The number of primary amides is 1. The number of nitrogens with two attached hydrogens (primary N) is 1. The van der Waals surface area contributed by atoms with Gasteiger partial charge in [-0.25, -0.2) is 14.8 Å². The first-order chi connectivity index (χ1) is 15.3. The molecular formula is C22H22N4O5S. The Labute approximate surface area is 188 Å². The van der Waals surface area contributed by atoms with Gasteiger partial charge in [-0.1, -0.05) is 42.1 Å². The predicted octanol–water partition coefficient (Wildman–Crippen LogP) is 3.36. The van der Waals surface area contributed by atoms with E-state index in [9.17, 15) is 14.4 Å². The second-order valence-electron chi connectivity index (χ2n) is 6.70. The highest BCUT2D eigenvalue weighted by molar-refractivity contribution is 7.99. The minimum absolute atomic E-state index is 0.0512. The van der Waals surface area contributed by atoms with Crippen LogP contribution >= 0.6 is 11.8 Å². The normalized spacial score (nSPS) is 10.6. The minimum Gasteiger partial charge on any atom is -0.462 e. The third kappa shape index (κ3) is 5.33. The SMILES string of the molecule is CCOC(=O)c1c(C)oc(NC(=O)CSc2nc(C)cc(-c3ccccc3)n2)c1C(N)=O. The molecule has 1 aromatic carbocycles. The highest BCUT2D eigenvalue weighted by Crippen LogP contribution is 2.28. The number of benzene rings is 1. The van der Waals surface area contributed by atoms with Gasteiger partial charge in [-0.3, -0.25) is 14.9 Å². The number of ether oxygens (including phenoxy) is 1. The van der Waals surface area contributed by atoms with Gasteiger partial charge in [0.2, 0.25) is 11.8 Å². The van der Waals surface area contributed by atoms with Crippen molar-refractivity contribution in [2.75, 3.05) is 17.7 Å². The highest BCUT2D eigenvalue weighted by atomic mass is 32.2. The molecule has 0 bridgehead atoms. The largest absolute Gasteiger partial charge is 0.462 e. The minimum atomic E-state index is -0.914. The fourth-order valence-corrected chi connectivity index (χ4v) is 3.68. The third-order valence-electron chi connectivity index (χ3n) is 4.30. The maximum Gasteiger partial charge on any atom is 0.342 e.